The van der Waals surface area contributed by atoms with Gasteiger partial charge in [-0.25, -0.2) is 0 Å². The minimum absolute atomic E-state index is 0.0113. The molecule has 1 aliphatic heterocycles. The van der Waals surface area contributed by atoms with E-state index in [1.54, 1.807) is 36.4 Å². The van der Waals surface area contributed by atoms with Crippen LogP contribution in [-0.4, -0.2) is 89.3 Å². The molecule has 35 heavy (non-hydrogen) atoms. The van der Waals surface area contributed by atoms with Gasteiger partial charge in [0.25, 0.3) is 0 Å². The molecular weight excluding hydrogens is 460 g/mol. The maximum Gasteiger partial charge on any atom is 0.229 e. The third-order valence-electron chi connectivity index (χ3n) is 5.82. The fourth-order valence-corrected chi connectivity index (χ4v) is 3.92. The number of phenols is 1. The van der Waals surface area contributed by atoms with Crippen molar-refractivity contribution in [3.8, 4) is 23.0 Å². The van der Waals surface area contributed by atoms with Crippen molar-refractivity contribution in [2.45, 2.75) is 36.9 Å². The highest BCUT2D eigenvalue weighted by Gasteiger charge is 2.40. The number of phenolic OH excluding ortho intramolecular Hbond substituents is 1. The van der Waals surface area contributed by atoms with E-state index in [1.165, 1.54) is 20.3 Å². The van der Waals surface area contributed by atoms with Crippen molar-refractivity contribution >= 4 is 6.08 Å². The van der Waals surface area contributed by atoms with E-state index in [4.69, 9.17) is 18.9 Å². The van der Waals surface area contributed by atoms with Crippen LogP contribution in [0.3, 0.4) is 0 Å². The maximum atomic E-state index is 10.4. The van der Waals surface area contributed by atoms with Crippen molar-refractivity contribution in [1.29, 1.82) is 0 Å². The Morgan fingerprint density at radius 2 is 1.77 bits per heavy atom. The molecule has 3 rings (SSSR count). The minimum atomic E-state index is -1.53. The second-order valence-electron chi connectivity index (χ2n) is 8.18. The number of aliphatic hydroxyl groups is 5. The van der Waals surface area contributed by atoms with Gasteiger partial charge in [0.2, 0.25) is 6.29 Å². The third-order valence-corrected chi connectivity index (χ3v) is 5.82. The standard InChI is InChI=1S/C25H32O10/c1-32-20-10-15(5-6-18(20)28)8-16(12-27)17-9-14(4-3-7-26)11-21(33-2)24(17)35-25-23(31)22(30)19(29)13-34-25/h3-6,9-11,16,19,22-23,25-31H,7-8,12-13H2,1-2H3. The highest BCUT2D eigenvalue weighted by Crippen LogP contribution is 2.41. The number of hydrogen-bond donors (Lipinski definition) is 6. The number of hydrogen-bond acceptors (Lipinski definition) is 10. The second-order valence-corrected chi connectivity index (χ2v) is 8.18. The fraction of sp³-hybridized carbons (Fsp3) is 0.440. The predicted octanol–water partition coefficient (Wildman–Crippen LogP) is 0.551. The van der Waals surface area contributed by atoms with Crippen LogP contribution in [0.5, 0.6) is 23.0 Å². The zero-order chi connectivity index (χ0) is 25.5. The molecule has 192 valence electrons. The summed E-state index contributed by atoms with van der Waals surface area (Å²) in [6.07, 6.45) is -1.99. The number of aromatic hydroxyl groups is 1. The molecule has 1 heterocycles. The van der Waals surface area contributed by atoms with Crippen LogP contribution < -0.4 is 14.2 Å². The molecule has 0 amide bonds. The normalized spacial score (nSPS) is 23.3. The van der Waals surface area contributed by atoms with Crippen LogP contribution in [-0.2, 0) is 11.2 Å². The van der Waals surface area contributed by atoms with Gasteiger partial charge in [0.15, 0.2) is 23.0 Å². The van der Waals surface area contributed by atoms with Crippen molar-refractivity contribution in [3.63, 3.8) is 0 Å². The third kappa shape index (κ3) is 6.23. The fourth-order valence-electron chi connectivity index (χ4n) is 3.92. The van der Waals surface area contributed by atoms with Gasteiger partial charge in [0.1, 0.15) is 18.3 Å². The van der Waals surface area contributed by atoms with Crippen LogP contribution in [0.1, 0.15) is 22.6 Å². The van der Waals surface area contributed by atoms with Crippen LogP contribution in [0.2, 0.25) is 0 Å². The van der Waals surface area contributed by atoms with Gasteiger partial charge >= 0.3 is 0 Å². The summed E-state index contributed by atoms with van der Waals surface area (Å²) in [5.41, 5.74) is 1.96. The number of aliphatic hydroxyl groups excluding tert-OH is 5. The highest BCUT2D eigenvalue weighted by atomic mass is 16.7. The zero-order valence-electron chi connectivity index (χ0n) is 19.6. The SMILES string of the molecule is COc1cc(CC(CO)c2cc(C=CCO)cc(OC)c2OC2OCC(O)C(O)C2O)ccc1O. The average Bonchev–Trinajstić information content (AvgIpc) is 2.87. The first-order valence-corrected chi connectivity index (χ1v) is 11.1. The summed E-state index contributed by atoms with van der Waals surface area (Å²) >= 11 is 0. The molecule has 1 saturated heterocycles. The topological polar surface area (TPSA) is 158 Å². The van der Waals surface area contributed by atoms with E-state index in [9.17, 15) is 30.6 Å². The van der Waals surface area contributed by atoms with Gasteiger partial charge in [-0.15, -0.1) is 0 Å². The molecule has 2 aromatic carbocycles. The summed E-state index contributed by atoms with van der Waals surface area (Å²) < 4.78 is 22.1. The van der Waals surface area contributed by atoms with Gasteiger partial charge in [0, 0.05) is 11.5 Å². The van der Waals surface area contributed by atoms with E-state index in [1.807, 2.05) is 0 Å². The first kappa shape index (κ1) is 26.7. The largest absolute Gasteiger partial charge is 0.504 e. The summed E-state index contributed by atoms with van der Waals surface area (Å²) in [5, 5.41) is 59.6. The lowest BCUT2D eigenvalue weighted by Gasteiger charge is -2.36. The lowest BCUT2D eigenvalue weighted by atomic mass is 9.90. The van der Waals surface area contributed by atoms with Crippen LogP contribution in [0.15, 0.2) is 36.4 Å². The second kappa shape index (κ2) is 12.2. The van der Waals surface area contributed by atoms with Gasteiger partial charge in [-0.2, -0.15) is 0 Å². The van der Waals surface area contributed by atoms with Crippen molar-refractivity contribution in [2.75, 3.05) is 34.0 Å². The van der Waals surface area contributed by atoms with Gasteiger partial charge < -0.3 is 49.6 Å². The monoisotopic (exact) mass is 492 g/mol. The Kier molecular flexibility index (Phi) is 9.33. The summed E-state index contributed by atoms with van der Waals surface area (Å²) in [7, 11) is 2.87. The van der Waals surface area contributed by atoms with Crippen LogP contribution in [0.25, 0.3) is 6.08 Å². The first-order chi connectivity index (χ1) is 16.8. The molecule has 0 radical (unpaired) electrons. The van der Waals surface area contributed by atoms with E-state index in [-0.39, 0.29) is 37.1 Å². The van der Waals surface area contributed by atoms with E-state index in [0.29, 0.717) is 23.3 Å². The lowest BCUT2D eigenvalue weighted by Crippen LogP contribution is -2.54. The Bertz CT molecular complexity index is 1010. The average molecular weight is 493 g/mol. The van der Waals surface area contributed by atoms with Crippen molar-refractivity contribution in [1.82, 2.24) is 0 Å². The lowest BCUT2D eigenvalue weighted by molar-refractivity contribution is -0.242. The molecule has 0 saturated carbocycles. The Morgan fingerprint density at radius 3 is 2.43 bits per heavy atom. The molecule has 2 aromatic rings. The molecule has 0 aromatic heterocycles. The zero-order valence-corrected chi connectivity index (χ0v) is 19.6. The quantitative estimate of drug-likeness (QED) is 0.277. The van der Waals surface area contributed by atoms with Gasteiger partial charge in [-0.1, -0.05) is 18.2 Å². The first-order valence-electron chi connectivity index (χ1n) is 11.1. The van der Waals surface area contributed by atoms with E-state index in [0.717, 1.165) is 5.56 Å². The van der Waals surface area contributed by atoms with Crippen molar-refractivity contribution < 1.29 is 49.6 Å². The molecule has 6 N–H and O–H groups in total. The summed E-state index contributed by atoms with van der Waals surface area (Å²) in [4.78, 5) is 0. The maximum absolute atomic E-state index is 10.4. The number of ether oxygens (including phenoxy) is 4. The van der Waals surface area contributed by atoms with E-state index < -0.39 is 30.5 Å². The minimum Gasteiger partial charge on any atom is -0.504 e. The smallest absolute Gasteiger partial charge is 0.229 e. The molecule has 5 atom stereocenters. The molecule has 0 spiro atoms. The summed E-state index contributed by atoms with van der Waals surface area (Å²) in [6, 6.07) is 8.28. The van der Waals surface area contributed by atoms with Gasteiger partial charge in [-0.3, -0.25) is 0 Å². The molecule has 10 nitrogen and oxygen atoms in total. The molecule has 0 bridgehead atoms. The molecule has 0 aliphatic carbocycles. The van der Waals surface area contributed by atoms with Crippen molar-refractivity contribution in [2.24, 2.45) is 0 Å². The predicted molar refractivity (Wildman–Crippen MR) is 126 cm³/mol. The highest BCUT2D eigenvalue weighted by molar-refractivity contribution is 5.60. The molecule has 10 heteroatoms. The number of benzene rings is 2. The molecular formula is C25H32O10. The summed E-state index contributed by atoms with van der Waals surface area (Å²) in [5.74, 6) is 0.221. The number of rotatable bonds is 10. The Balaban J connectivity index is 2.04. The Labute approximate surface area is 203 Å². The van der Waals surface area contributed by atoms with E-state index >= 15 is 0 Å². The van der Waals surface area contributed by atoms with Crippen molar-refractivity contribution in [3.05, 3.63) is 53.1 Å². The Hall–Kier alpha value is -2.86. The summed E-state index contributed by atoms with van der Waals surface area (Å²) in [6.45, 7) is -0.700. The van der Waals surface area contributed by atoms with E-state index in [2.05, 4.69) is 0 Å². The van der Waals surface area contributed by atoms with Crippen LogP contribution >= 0.6 is 0 Å². The molecule has 1 aliphatic rings. The number of methoxy groups -OCH3 is 2. The molecule has 5 unspecified atom stereocenters. The van der Waals surface area contributed by atoms with Crippen LogP contribution in [0, 0.1) is 0 Å². The van der Waals surface area contributed by atoms with Gasteiger partial charge in [-0.05, 0) is 41.8 Å². The molecule has 1 fully saturated rings. The van der Waals surface area contributed by atoms with Crippen LogP contribution in [0.4, 0.5) is 0 Å². The Morgan fingerprint density at radius 1 is 1.03 bits per heavy atom. The van der Waals surface area contributed by atoms with Gasteiger partial charge in [0.05, 0.1) is 34.0 Å².